The number of rotatable bonds is 20. The van der Waals surface area contributed by atoms with Gasteiger partial charge in [-0.1, -0.05) is 117 Å². The molecule has 1 heteroatoms. The van der Waals surface area contributed by atoms with E-state index in [0.29, 0.717) is 5.75 Å². The Bertz CT molecular complexity index is 519. The molecule has 174 valence electrons. The first-order chi connectivity index (χ1) is 14.7. The molecular weight excluding hydrogens is 364 g/mol. The summed E-state index contributed by atoms with van der Waals surface area (Å²) in [7, 11) is 0. The monoisotopic (exact) mass is 416 g/mol. The highest BCUT2D eigenvalue weighted by Gasteiger charge is 2.13. The standard InChI is InChI=1S/C29H52O/c1-4-7-10-12-14-15-17-20-23-28-27(22-19-16-13-11-8-5-2)26(21-18-9-6-3)24-25-29(28)30/h24-25,30H,4-23H2,1-3H3. The third-order valence-electron chi connectivity index (χ3n) is 6.61. The second-order valence-electron chi connectivity index (χ2n) is 9.40. The number of aryl methyl sites for hydroxylation is 1. The minimum absolute atomic E-state index is 0.554. The van der Waals surface area contributed by atoms with Crippen molar-refractivity contribution in [3.05, 3.63) is 28.8 Å². The second kappa shape index (κ2) is 18.8. The van der Waals surface area contributed by atoms with Gasteiger partial charge in [0.1, 0.15) is 5.75 Å². The zero-order valence-electron chi connectivity index (χ0n) is 20.7. The zero-order valence-corrected chi connectivity index (χ0v) is 20.7. The predicted molar refractivity (Wildman–Crippen MR) is 135 cm³/mol. The maximum absolute atomic E-state index is 10.7. The van der Waals surface area contributed by atoms with Crippen molar-refractivity contribution < 1.29 is 5.11 Å². The van der Waals surface area contributed by atoms with E-state index in [1.165, 1.54) is 132 Å². The minimum atomic E-state index is 0.554. The summed E-state index contributed by atoms with van der Waals surface area (Å²) >= 11 is 0. The van der Waals surface area contributed by atoms with Crippen LogP contribution in [-0.4, -0.2) is 5.11 Å². The van der Waals surface area contributed by atoms with Gasteiger partial charge in [-0.2, -0.15) is 0 Å². The number of unbranched alkanes of at least 4 members (excludes halogenated alkanes) is 14. The number of phenolic OH excluding ortho intramolecular Hbond substituents is 1. The Labute approximate surface area is 189 Å². The molecule has 0 aliphatic rings. The fraction of sp³-hybridized carbons (Fsp3) is 0.793. The lowest BCUT2D eigenvalue weighted by Crippen LogP contribution is -2.03. The first-order valence-corrected chi connectivity index (χ1v) is 13.6. The maximum atomic E-state index is 10.7. The first-order valence-electron chi connectivity index (χ1n) is 13.6. The topological polar surface area (TPSA) is 20.2 Å². The van der Waals surface area contributed by atoms with Gasteiger partial charge >= 0.3 is 0 Å². The van der Waals surface area contributed by atoms with E-state index >= 15 is 0 Å². The third kappa shape index (κ3) is 12.0. The van der Waals surface area contributed by atoms with Crippen LogP contribution in [0, 0.1) is 0 Å². The molecule has 1 nitrogen and oxygen atoms in total. The summed E-state index contributed by atoms with van der Waals surface area (Å²) in [5.41, 5.74) is 4.30. The normalized spacial score (nSPS) is 11.3. The van der Waals surface area contributed by atoms with Crippen molar-refractivity contribution in [3.8, 4) is 5.75 Å². The van der Waals surface area contributed by atoms with Gasteiger partial charge in [0.05, 0.1) is 0 Å². The molecule has 0 unspecified atom stereocenters. The molecule has 1 aromatic rings. The Kier molecular flexibility index (Phi) is 16.9. The molecule has 0 fully saturated rings. The summed E-state index contributed by atoms with van der Waals surface area (Å²) in [6, 6.07) is 4.20. The van der Waals surface area contributed by atoms with E-state index in [1.807, 2.05) is 6.07 Å². The van der Waals surface area contributed by atoms with Gasteiger partial charge in [-0.05, 0) is 61.3 Å². The largest absolute Gasteiger partial charge is 0.508 e. The minimum Gasteiger partial charge on any atom is -0.508 e. The molecular formula is C29H52O. The molecule has 0 aliphatic heterocycles. The highest BCUT2D eigenvalue weighted by atomic mass is 16.3. The van der Waals surface area contributed by atoms with Crippen LogP contribution in [0.25, 0.3) is 0 Å². The number of benzene rings is 1. The summed E-state index contributed by atoms with van der Waals surface area (Å²) in [4.78, 5) is 0. The number of hydrogen-bond acceptors (Lipinski definition) is 1. The van der Waals surface area contributed by atoms with Gasteiger partial charge in [-0.3, -0.25) is 0 Å². The van der Waals surface area contributed by atoms with E-state index in [1.54, 1.807) is 0 Å². The van der Waals surface area contributed by atoms with Gasteiger partial charge in [0.15, 0.2) is 0 Å². The number of aromatic hydroxyl groups is 1. The molecule has 0 atom stereocenters. The van der Waals surface area contributed by atoms with Gasteiger partial charge in [0.25, 0.3) is 0 Å². The summed E-state index contributed by atoms with van der Waals surface area (Å²) < 4.78 is 0. The molecule has 0 saturated carbocycles. The van der Waals surface area contributed by atoms with Crippen LogP contribution in [0.2, 0.25) is 0 Å². The Morgan fingerprint density at radius 1 is 0.467 bits per heavy atom. The lowest BCUT2D eigenvalue weighted by Gasteiger charge is -2.17. The van der Waals surface area contributed by atoms with Crippen LogP contribution >= 0.6 is 0 Å². The van der Waals surface area contributed by atoms with Crippen LogP contribution in [0.15, 0.2) is 12.1 Å². The fourth-order valence-electron chi connectivity index (χ4n) is 4.64. The van der Waals surface area contributed by atoms with Crippen molar-refractivity contribution in [3.63, 3.8) is 0 Å². The summed E-state index contributed by atoms with van der Waals surface area (Å²) in [5.74, 6) is 0.554. The van der Waals surface area contributed by atoms with E-state index in [2.05, 4.69) is 26.8 Å². The van der Waals surface area contributed by atoms with Gasteiger partial charge in [-0.25, -0.2) is 0 Å². The summed E-state index contributed by atoms with van der Waals surface area (Å²) in [5, 5.41) is 10.7. The van der Waals surface area contributed by atoms with Crippen molar-refractivity contribution in [2.75, 3.05) is 0 Å². The lowest BCUT2D eigenvalue weighted by molar-refractivity contribution is 0.463. The van der Waals surface area contributed by atoms with Gasteiger partial charge < -0.3 is 5.11 Å². The van der Waals surface area contributed by atoms with Gasteiger partial charge in [0.2, 0.25) is 0 Å². The highest BCUT2D eigenvalue weighted by Crippen LogP contribution is 2.30. The summed E-state index contributed by atoms with van der Waals surface area (Å²) in [6.07, 6.45) is 26.1. The van der Waals surface area contributed by atoms with E-state index in [9.17, 15) is 5.11 Å². The van der Waals surface area contributed by atoms with Crippen LogP contribution in [-0.2, 0) is 19.3 Å². The molecule has 0 aliphatic carbocycles. The van der Waals surface area contributed by atoms with Gasteiger partial charge in [-0.15, -0.1) is 0 Å². The van der Waals surface area contributed by atoms with Gasteiger partial charge in [0, 0.05) is 0 Å². The molecule has 1 N–H and O–H groups in total. The van der Waals surface area contributed by atoms with E-state index in [-0.39, 0.29) is 0 Å². The first kappa shape index (κ1) is 27.1. The number of phenols is 1. The average molecular weight is 417 g/mol. The zero-order chi connectivity index (χ0) is 21.9. The van der Waals surface area contributed by atoms with Crippen molar-refractivity contribution in [2.45, 2.75) is 149 Å². The van der Waals surface area contributed by atoms with Crippen LogP contribution in [0.4, 0.5) is 0 Å². The lowest BCUT2D eigenvalue weighted by atomic mass is 9.89. The molecule has 0 amide bonds. The molecule has 0 spiro atoms. The second-order valence-corrected chi connectivity index (χ2v) is 9.40. The predicted octanol–water partition coefficient (Wildman–Crippen LogP) is 9.71. The molecule has 0 radical (unpaired) electrons. The van der Waals surface area contributed by atoms with E-state index in [4.69, 9.17) is 0 Å². The molecule has 0 bridgehead atoms. The van der Waals surface area contributed by atoms with Crippen LogP contribution < -0.4 is 0 Å². The Morgan fingerprint density at radius 3 is 1.40 bits per heavy atom. The third-order valence-corrected chi connectivity index (χ3v) is 6.61. The van der Waals surface area contributed by atoms with Crippen molar-refractivity contribution >= 4 is 0 Å². The van der Waals surface area contributed by atoms with E-state index in [0.717, 1.165) is 12.8 Å². The smallest absolute Gasteiger partial charge is 0.119 e. The molecule has 1 rings (SSSR count). The Morgan fingerprint density at radius 2 is 0.867 bits per heavy atom. The summed E-state index contributed by atoms with van der Waals surface area (Å²) in [6.45, 7) is 6.85. The average Bonchev–Trinajstić information content (AvgIpc) is 2.75. The van der Waals surface area contributed by atoms with E-state index < -0.39 is 0 Å². The SMILES string of the molecule is CCCCCCCCCCc1c(O)ccc(CCCCC)c1CCCCCCCC. The van der Waals surface area contributed by atoms with Crippen LogP contribution in [0.3, 0.4) is 0 Å². The van der Waals surface area contributed by atoms with Crippen LogP contribution in [0.5, 0.6) is 5.75 Å². The van der Waals surface area contributed by atoms with Crippen LogP contribution in [0.1, 0.15) is 147 Å². The van der Waals surface area contributed by atoms with Crippen molar-refractivity contribution in [2.24, 2.45) is 0 Å². The molecule has 1 aromatic carbocycles. The molecule has 0 saturated heterocycles. The fourth-order valence-corrected chi connectivity index (χ4v) is 4.64. The van der Waals surface area contributed by atoms with Crippen molar-refractivity contribution in [1.29, 1.82) is 0 Å². The van der Waals surface area contributed by atoms with Crippen molar-refractivity contribution in [1.82, 2.24) is 0 Å². The highest BCUT2D eigenvalue weighted by molar-refractivity contribution is 5.45. The number of hydrogen-bond donors (Lipinski definition) is 1. The Balaban J connectivity index is 2.60. The Hall–Kier alpha value is -0.980. The quantitative estimate of drug-likeness (QED) is 0.210. The molecule has 0 heterocycles. The molecule has 30 heavy (non-hydrogen) atoms. The molecule has 0 aromatic heterocycles. The maximum Gasteiger partial charge on any atom is 0.119 e.